The highest BCUT2D eigenvalue weighted by Gasteiger charge is 2.30. The Kier molecular flexibility index (Phi) is 4.19. The normalized spacial score (nSPS) is 29.3. The maximum atomic E-state index is 13.2. The number of hydrogen-bond donors (Lipinski definition) is 1. The minimum atomic E-state index is -1.48. The van der Waals surface area contributed by atoms with Gasteiger partial charge in [0.1, 0.15) is 0 Å². The molecule has 0 radical (unpaired) electrons. The van der Waals surface area contributed by atoms with Crippen LogP contribution in [0.2, 0.25) is 0 Å². The second kappa shape index (κ2) is 5.53. The van der Waals surface area contributed by atoms with Crippen molar-refractivity contribution in [1.82, 2.24) is 0 Å². The maximum Gasteiger partial charge on any atom is 0.194 e. The molecule has 1 N–H and O–H groups in total. The SMILES string of the molecule is CC1CC(C)CC(C(O)c2cc(F)c(F)c(F)c2)C1. The zero-order valence-corrected chi connectivity index (χ0v) is 11.2. The molecule has 1 aliphatic rings. The smallest absolute Gasteiger partial charge is 0.194 e. The van der Waals surface area contributed by atoms with Gasteiger partial charge in [-0.1, -0.05) is 13.8 Å². The molecule has 19 heavy (non-hydrogen) atoms. The highest BCUT2D eigenvalue weighted by molar-refractivity contribution is 5.22. The second-order valence-corrected chi connectivity index (χ2v) is 5.92. The van der Waals surface area contributed by atoms with E-state index in [-0.39, 0.29) is 11.5 Å². The summed E-state index contributed by atoms with van der Waals surface area (Å²) in [4.78, 5) is 0. The molecule has 106 valence electrons. The summed E-state index contributed by atoms with van der Waals surface area (Å²) in [5.74, 6) is -3.03. The molecule has 0 aromatic heterocycles. The molecule has 1 nitrogen and oxygen atoms in total. The molecular weight excluding hydrogens is 253 g/mol. The van der Waals surface area contributed by atoms with E-state index in [9.17, 15) is 18.3 Å². The average molecular weight is 272 g/mol. The molecule has 3 atom stereocenters. The van der Waals surface area contributed by atoms with E-state index in [4.69, 9.17) is 0 Å². The summed E-state index contributed by atoms with van der Waals surface area (Å²) >= 11 is 0. The molecule has 3 unspecified atom stereocenters. The Labute approximate surface area is 111 Å². The first kappa shape index (κ1) is 14.4. The van der Waals surface area contributed by atoms with Crippen LogP contribution in [0.15, 0.2) is 12.1 Å². The van der Waals surface area contributed by atoms with E-state index in [1.54, 1.807) is 0 Å². The van der Waals surface area contributed by atoms with Gasteiger partial charge < -0.3 is 5.11 Å². The molecule has 0 heterocycles. The van der Waals surface area contributed by atoms with Gasteiger partial charge in [-0.2, -0.15) is 0 Å². The Morgan fingerprint density at radius 1 is 1.00 bits per heavy atom. The summed E-state index contributed by atoms with van der Waals surface area (Å²) in [6, 6.07) is 1.79. The first-order valence-corrected chi connectivity index (χ1v) is 6.71. The summed E-state index contributed by atoms with van der Waals surface area (Å²) in [6.07, 6.45) is 1.82. The van der Waals surface area contributed by atoms with Crippen molar-refractivity contribution >= 4 is 0 Å². The van der Waals surface area contributed by atoms with Gasteiger partial charge in [-0.25, -0.2) is 13.2 Å². The summed E-state index contributed by atoms with van der Waals surface area (Å²) in [7, 11) is 0. The first-order valence-electron chi connectivity index (χ1n) is 6.71. The lowest BCUT2D eigenvalue weighted by Crippen LogP contribution is -2.25. The van der Waals surface area contributed by atoms with Crippen molar-refractivity contribution in [2.75, 3.05) is 0 Å². The third kappa shape index (κ3) is 3.11. The van der Waals surface area contributed by atoms with Crippen LogP contribution >= 0.6 is 0 Å². The molecule has 0 spiro atoms. The zero-order valence-electron chi connectivity index (χ0n) is 11.2. The first-order chi connectivity index (χ1) is 8.88. The highest BCUT2D eigenvalue weighted by atomic mass is 19.2. The van der Waals surface area contributed by atoms with E-state index in [1.807, 2.05) is 0 Å². The molecule has 0 amide bonds. The number of aliphatic hydroxyl groups excluding tert-OH is 1. The van der Waals surface area contributed by atoms with Crippen LogP contribution in [-0.4, -0.2) is 5.11 Å². The number of hydrogen-bond acceptors (Lipinski definition) is 1. The molecule has 0 bridgehead atoms. The van der Waals surface area contributed by atoms with Crippen LogP contribution < -0.4 is 0 Å². The van der Waals surface area contributed by atoms with Crippen molar-refractivity contribution in [2.45, 2.75) is 39.2 Å². The predicted molar refractivity (Wildman–Crippen MR) is 66.9 cm³/mol. The lowest BCUT2D eigenvalue weighted by atomic mass is 9.73. The van der Waals surface area contributed by atoms with E-state index in [2.05, 4.69) is 13.8 Å². The lowest BCUT2D eigenvalue weighted by molar-refractivity contribution is 0.0546. The van der Waals surface area contributed by atoms with E-state index in [0.29, 0.717) is 11.8 Å². The predicted octanol–water partition coefficient (Wildman–Crippen LogP) is 4.21. The van der Waals surface area contributed by atoms with E-state index in [1.165, 1.54) is 0 Å². The molecule has 2 rings (SSSR count). The van der Waals surface area contributed by atoms with Gasteiger partial charge in [-0.3, -0.25) is 0 Å². The van der Waals surface area contributed by atoms with Crippen LogP contribution in [0.25, 0.3) is 0 Å². The van der Waals surface area contributed by atoms with Gasteiger partial charge in [-0.15, -0.1) is 0 Å². The van der Waals surface area contributed by atoms with Gasteiger partial charge in [0.2, 0.25) is 0 Å². The van der Waals surface area contributed by atoms with E-state index in [0.717, 1.165) is 31.4 Å². The minimum Gasteiger partial charge on any atom is -0.388 e. The summed E-state index contributed by atoms with van der Waals surface area (Å²) in [5, 5.41) is 10.3. The number of halogens is 3. The lowest BCUT2D eigenvalue weighted by Gasteiger charge is -2.34. The van der Waals surface area contributed by atoms with Gasteiger partial charge in [-0.05, 0) is 54.7 Å². The molecule has 1 aromatic rings. The Morgan fingerprint density at radius 3 is 1.95 bits per heavy atom. The van der Waals surface area contributed by atoms with Crippen LogP contribution in [0, 0.1) is 35.2 Å². The Morgan fingerprint density at radius 2 is 1.47 bits per heavy atom. The van der Waals surface area contributed by atoms with Gasteiger partial charge in [0.05, 0.1) is 6.10 Å². The fourth-order valence-electron chi connectivity index (χ4n) is 3.29. The fourth-order valence-corrected chi connectivity index (χ4v) is 3.29. The van der Waals surface area contributed by atoms with Crippen molar-refractivity contribution in [1.29, 1.82) is 0 Å². The van der Waals surface area contributed by atoms with Crippen molar-refractivity contribution in [3.8, 4) is 0 Å². The van der Waals surface area contributed by atoms with E-state index >= 15 is 0 Å². The molecule has 0 aliphatic heterocycles. The van der Waals surface area contributed by atoms with Gasteiger partial charge in [0, 0.05) is 0 Å². The van der Waals surface area contributed by atoms with Crippen molar-refractivity contribution in [2.24, 2.45) is 17.8 Å². The van der Waals surface area contributed by atoms with Crippen LogP contribution in [0.1, 0.15) is 44.8 Å². The molecule has 0 saturated heterocycles. The van der Waals surface area contributed by atoms with Crippen LogP contribution in [-0.2, 0) is 0 Å². The van der Waals surface area contributed by atoms with Crippen LogP contribution in [0.5, 0.6) is 0 Å². The fraction of sp³-hybridized carbons (Fsp3) is 0.600. The number of benzene rings is 1. The quantitative estimate of drug-likeness (QED) is 0.800. The standard InChI is InChI=1S/C15H19F3O/c1-8-3-9(2)5-10(4-8)15(19)11-6-12(16)14(18)13(17)7-11/h6-10,15,19H,3-5H2,1-2H3. The van der Waals surface area contributed by atoms with Gasteiger partial charge >= 0.3 is 0 Å². The Bertz CT molecular complexity index is 428. The average Bonchev–Trinajstić information content (AvgIpc) is 2.33. The zero-order chi connectivity index (χ0) is 14.2. The van der Waals surface area contributed by atoms with Crippen LogP contribution in [0.4, 0.5) is 13.2 Å². The van der Waals surface area contributed by atoms with Crippen molar-refractivity contribution < 1.29 is 18.3 Å². The highest BCUT2D eigenvalue weighted by Crippen LogP contribution is 2.40. The molecule has 1 aliphatic carbocycles. The van der Waals surface area contributed by atoms with Crippen LogP contribution in [0.3, 0.4) is 0 Å². The number of rotatable bonds is 2. The van der Waals surface area contributed by atoms with Gasteiger partial charge in [0.25, 0.3) is 0 Å². The largest absolute Gasteiger partial charge is 0.388 e. The minimum absolute atomic E-state index is 0.0250. The Hall–Kier alpha value is -1.03. The number of aliphatic hydroxyl groups is 1. The summed E-state index contributed by atoms with van der Waals surface area (Å²) in [5.41, 5.74) is 0.128. The second-order valence-electron chi connectivity index (χ2n) is 5.92. The maximum absolute atomic E-state index is 13.2. The van der Waals surface area contributed by atoms with Gasteiger partial charge in [0.15, 0.2) is 17.5 Å². The topological polar surface area (TPSA) is 20.2 Å². The summed E-state index contributed by atoms with van der Waals surface area (Å²) < 4.78 is 39.3. The molecule has 1 saturated carbocycles. The molecular formula is C15H19F3O. The third-order valence-electron chi connectivity index (χ3n) is 4.01. The Balaban J connectivity index is 2.21. The van der Waals surface area contributed by atoms with Crippen molar-refractivity contribution in [3.63, 3.8) is 0 Å². The molecule has 1 aromatic carbocycles. The van der Waals surface area contributed by atoms with Crippen molar-refractivity contribution in [3.05, 3.63) is 35.1 Å². The third-order valence-corrected chi connectivity index (χ3v) is 4.01. The van der Waals surface area contributed by atoms with E-state index < -0.39 is 23.6 Å². The molecule has 4 heteroatoms. The monoisotopic (exact) mass is 272 g/mol. The summed E-state index contributed by atoms with van der Waals surface area (Å²) in [6.45, 7) is 4.22. The molecule has 1 fully saturated rings.